The number of pyridine rings is 2. The second kappa shape index (κ2) is 9.43. The fourth-order valence-corrected chi connectivity index (χ4v) is 4.59. The van der Waals surface area contributed by atoms with Crippen molar-refractivity contribution >= 4 is 17.5 Å². The molecule has 0 atom stereocenters. The summed E-state index contributed by atoms with van der Waals surface area (Å²) in [6.45, 7) is 3.75. The van der Waals surface area contributed by atoms with E-state index < -0.39 is 0 Å². The zero-order valence-corrected chi connectivity index (χ0v) is 17.6. The van der Waals surface area contributed by atoms with Crippen molar-refractivity contribution in [2.24, 2.45) is 11.8 Å². The molecular weight excluding hydrogens is 394 g/mol. The third-order valence-electron chi connectivity index (χ3n) is 6.39. The van der Waals surface area contributed by atoms with Gasteiger partial charge in [-0.1, -0.05) is 0 Å². The predicted molar refractivity (Wildman–Crippen MR) is 116 cm³/mol. The molecule has 0 aliphatic carbocycles. The van der Waals surface area contributed by atoms with Gasteiger partial charge in [0.25, 0.3) is 0 Å². The molecule has 4 rings (SSSR count). The molecule has 2 saturated heterocycles. The lowest BCUT2D eigenvalue weighted by Crippen LogP contribution is -2.46. The lowest BCUT2D eigenvalue weighted by molar-refractivity contribution is -0.138. The number of nitrogens with zero attached hydrogens (tertiary/aromatic N) is 4. The van der Waals surface area contributed by atoms with Gasteiger partial charge < -0.3 is 15.7 Å². The first-order valence-electron chi connectivity index (χ1n) is 10.9. The Balaban J connectivity index is 1.25. The van der Waals surface area contributed by atoms with Crippen LogP contribution in [0.3, 0.4) is 0 Å². The van der Waals surface area contributed by atoms with Gasteiger partial charge in [-0.2, -0.15) is 0 Å². The molecule has 2 aliphatic rings. The summed E-state index contributed by atoms with van der Waals surface area (Å²) in [7, 11) is 0. The third-order valence-corrected chi connectivity index (χ3v) is 6.39. The summed E-state index contributed by atoms with van der Waals surface area (Å²) in [4.78, 5) is 38.0. The van der Waals surface area contributed by atoms with Crippen molar-refractivity contribution in [3.05, 3.63) is 47.9 Å². The normalized spacial score (nSPS) is 18.8. The van der Waals surface area contributed by atoms with E-state index in [0.717, 1.165) is 38.0 Å². The maximum atomic E-state index is 13.0. The van der Waals surface area contributed by atoms with Crippen LogP contribution in [0.1, 0.15) is 41.7 Å². The topological polar surface area (TPSA) is 113 Å². The van der Waals surface area contributed by atoms with Crippen molar-refractivity contribution in [1.29, 1.82) is 0 Å². The number of anilines is 1. The highest BCUT2D eigenvalue weighted by Crippen LogP contribution is 2.27. The van der Waals surface area contributed by atoms with Crippen LogP contribution < -0.4 is 5.73 Å². The van der Waals surface area contributed by atoms with E-state index in [1.54, 1.807) is 12.3 Å². The quantitative estimate of drug-likeness (QED) is 0.708. The van der Waals surface area contributed by atoms with Crippen LogP contribution in [0.2, 0.25) is 0 Å². The summed E-state index contributed by atoms with van der Waals surface area (Å²) in [5.41, 5.74) is 7.04. The van der Waals surface area contributed by atoms with Crippen LogP contribution in [0.4, 0.5) is 5.82 Å². The molecule has 0 saturated carbocycles. The molecule has 2 aromatic heterocycles. The van der Waals surface area contributed by atoms with Gasteiger partial charge in [-0.05, 0) is 68.6 Å². The van der Waals surface area contributed by atoms with Gasteiger partial charge in [0.1, 0.15) is 17.3 Å². The number of ketones is 1. The lowest BCUT2D eigenvalue weighted by atomic mass is 9.88. The van der Waals surface area contributed by atoms with Gasteiger partial charge in [0.15, 0.2) is 5.78 Å². The number of carbonyl (C=O) groups is 2. The summed E-state index contributed by atoms with van der Waals surface area (Å²) in [5, 5.41) is 9.89. The SMILES string of the molecule is Nc1cc(CN2CCC(C(=O)N3CCC(C(=O)c4ncccc4O)CC3)CC2)ccn1. The number of hydrogen-bond donors (Lipinski definition) is 2. The maximum Gasteiger partial charge on any atom is 0.225 e. The molecule has 0 bridgehead atoms. The van der Waals surface area contributed by atoms with Crippen LogP contribution in [-0.2, 0) is 11.3 Å². The Morgan fingerprint density at radius 3 is 2.39 bits per heavy atom. The predicted octanol–water partition coefficient (Wildman–Crippen LogP) is 2.10. The van der Waals surface area contributed by atoms with Crippen molar-refractivity contribution in [2.75, 3.05) is 31.9 Å². The molecule has 0 unspecified atom stereocenters. The number of likely N-dealkylation sites (tertiary alicyclic amines) is 2. The zero-order chi connectivity index (χ0) is 21.8. The Labute approximate surface area is 182 Å². The van der Waals surface area contributed by atoms with E-state index in [1.165, 1.54) is 12.3 Å². The number of hydrogen-bond acceptors (Lipinski definition) is 7. The van der Waals surface area contributed by atoms with Crippen LogP contribution in [0.25, 0.3) is 0 Å². The summed E-state index contributed by atoms with van der Waals surface area (Å²) in [5.74, 6) is 0.384. The van der Waals surface area contributed by atoms with Crippen LogP contribution in [0, 0.1) is 11.8 Å². The van der Waals surface area contributed by atoms with Gasteiger partial charge in [-0.3, -0.25) is 14.5 Å². The number of nitrogen functional groups attached to an aromatic ring is 1. The lowest BCUT2D eigenvalue weighted by Gasteiger charge is -2.37. The molecule has 2 aromatic rings. The third kappa shape index (κ3) is 5.02. The summed E-state index contributed by atoms with van der Waals surface area (Å²) >= 11 is 0. The molecule has 8 heteroatoms. The largest absolute Gasteiger partial charge is 0.506 e. The number of nitrogens with two attached hydrogens (primary N) is 1. The minimum Gasteiger partial charge on any atom is -0.506 e. The number of aromatic hydroxyl groups is 1. The molecule has 1 amide bonds. The van der Waals surface area contributed by atoms with Crippen LogP contribution in [-0.4, -0.2) is 62.7 Å². The number of aromatic nitrogens is 2. The second-order valence-electron chi connectivity index (χ2n) is 8.47. The molecule has 2 fully saturated rings. The summed E-state index contributed by atoms with van der Waals surface area (Å²) in [6, 6.07) is 6.96. The van der Waals surface area contributed by atoms with E-state index in [1.807, 2.05) is 17.0 Å². The van der Waals surface area contributed by atoms with Crippen molar-refractivity contribution in [3.63, 3.8) is 0 Å². The summed E-state index contributed by atoms with van der Waals surface area (Å²) in [6.07, 6.45) is 6.16. The van der Waals surface area contributed by atoms with Gasteiger partial charge in [-0.15, -0.1) is 0 Å². The van der Waals surface area contributed by atoms with Gasteiger partial charge in [0, 0.05) is 43.9 Å². The Morgan fingerprint density at radius 2 is 1.71 bits per heavy atom. The zero-order valence-electron chi connectivity index (χ0n) is 17.6. The minimum atomic E-state index is -0.195. The van der Waals surface area contributed by atoms with E-state index in [2.05, 4.69) is 14.9 Å². The van der Waals surface area contributed by atoms with Gasteiger partial charge in [0.05, 0.1) is 0 Å². The van der Waals surface area contributed by atoms with Crippen molar-refractivity contribution in [1.82, 2.24) is 19.8 Å². The molecule has 4 heterocycles. The number of Topliss-reactive ketones (excluding diaryl/α,β-unsaturated/α-hetero) is 1. The van der Waals surface area contributed by atoms with Crippen LogP contribution >= 0.6 is 0 Å². The Bertz CT molecular complexity index is 934. The van der Waals surface area contributed by atoms with E-state index in [9.17, 15) is 14.7 Å². The fraction of sp³-hybridized carbons (Fsp3) is 0.478. The van der Waals surface area contributed by atoms with Gasteiger partial charge in [0.2, 0.25) is 5.91 Å². The Kier molecular flexibility index (Phi) is 6.46. The highest BCUT2D eigenvalue weighted by molar-refractivity contribution is 5.98. The van der Waals surface area contributed by atoms with E-state index in [4.69, 9.17) is 5.73 Å². The fourth-order valence-electron chi connectivity index (χ4n) is 4.59. The number of piperidine rings is 2. The first-order valence-corrected chi connectivity index (χ1v) is 10.9. The number of carbonyl (C=O) groups excluding carboxylic acids is 2. The molecule has 0 radical (unpaired) electrons. The molecule has 31 heavy (non-hydrogen) atoms. The van der Waals surface area contributed by atoms with E-state index in [-0.39, 0.29) is 35.0 Å². The number of amides is 1. The smallest absolute Gasteiger partial charge is 0.225 e. The molecule has 3 N–H and O–H groups in total. The Hall–Kier alpha value is -3.00. The monoisotopic (exact) mass is 423 g/mol. The van der Waals surface area contributed by atoms with E-state index in [0.29, 0.717) is 31.7 Å². The molecule has 0 spiro atoms. The average Bonchev–Trinajstić information content (AvgIpc) is 2.79. The van der Waals surface area contributed by atoms with E-state index >= 15 is 0 Å². The molecule has 0 aromatic carbocycles. The average molecular weight is 424 g/mol. The molecule has 8 nitrogen and oxygen atoms in total. The standard InChI is InChI=1S/C23H29N5O3/c24-20-14-16(3-9-25-20)15-27-10-4-18(5-11-27)23(31)28-12-6-17(7-13-28)22(30)21-19(29)2-1-8-26-21/h1-3,8-9,14,17-18,29H,4-7,10-13,15H2,(H2,24,25). The number of rotatable bonds is 5. The van der Waals surface area contributed by atoms with Crippen molar-refractivity contribution in [2.45, 2.75) is 32.2 Å². The van der Waals surface area contributed by atoms with Crippen LogP contribution in [0.15, 0.2) is 36.7 Å². The van der Waals surface area contributed by atoms with Crippen molar-refractivity contribution in [3.8, 4) is 5.75 Å². The maximum absolute atomic E-state index is 13.0. The molecule has 2 aliphatic heterocycles. The first kappa shape index (κ1) is 21.2. The molecule has 164 valence electrons. The second-order valence-corrected chi connectivity index (χ2v) is 8.47. The minimum absolute atomic E-state index is 0.0471. The van der Waals surface area contributed by atoms with Gasteiger partial charge >= 0.3 is 0 Å². The highest BCUT2D eigenvalue weighted by Gasteiger charge is 2.33. The van der Waals surface area contributed by atoms with Crippen LogP contribution in [0.5, 0.6) is 5.75 Å². The summed E-state index contributed by atoms with van der Waals surface area (Å²) < 4.78 is 0. The first-order chi connectivity index (χ1) is 15.0. The van der Waals surface area contributed by atoms with Crippen molar-refractivity contribution < 1.29 is 14.7 Å². The molecular formula is C23H29N5O3. The Morgan fingerprint density at radius 1 is 1.00 bits per heavy atom. The van der Waals surface area contributed by atoms with Gasteiger partial charge in [-0.25, -0.2) is 9.97 Å². The highest BCUT2D eigenvalue weighted by atomic mass is 16.3.